The summed E-state index contributed by atoms with van der Waals surface area (Å²) in [7, 11) is 0. The summed E-state index contributed by atoms with van der Waals surface area (Å²) in [5.74, 6) is 1.33. The van der Waals surface area contributed by atoms with Gasteiger partial charge in [0.1, 0.15) is 11.3 Å². The molecule has 1 N–H and O–H groups in total. The van der Waals surface area contributed by atoms with E-state index in [-0.39, 0.29) is 5.91 Å². The molecule has 0 saturated heterocycles. The lowest BCUT2D eigenvalue weighted by atomic mass is 10.1. The van der Waals surface area contributed by atoms with Gasteiger partial charge in [-0.1, -0.05) is 6.07 Å². The third kappa shape index (κ3) is 4.47. The molecule has 3 rings (SSSR count). The fourth-order valence-corrected chi connectivity index (χ4v) is 3.40. The Balaban J connectivity index is 1.68. The van der Waals surface area contributed by atoms with E-state index in [4.69, 9.17) is 9.47 Å². The molecule has 148 valence electrons. The lowest BCUT2D eigenvalue weighted by Gasteiger charge is -2.12. The third-order valence-corrected chi connectivity index (χ3v) is 4.75. The molecule has 0 spiro atoms. The Kier molecular flexibility index (Phi) is 6.57. The summed E-state index contributed by atoms with van der Waals surface area (Å²) in [6.45, 7) is 7.41. The van der Waals surface area contributed by atoms with Gasteiger partial charge < -0.3 is 14.8 Å². The number of hydrogen-bond donors (Lipinski definition) is 1. The highest BCUT2D eigenvalue weighted by molar-refractivity contribution is 9.10. The van der Waals surface area contributed by atoms with Gasteiger partial charge in [0.2, 0.25) is 0 Å². The molecule has 1 aromatic carbocycles. The normalized spacial score (nSPS) is 10.9. The van der Waals surface area contributed by atoms with Gasteiger partial charge in [0.05, 0.1) is 18.9 Å². The van der Waals surface area contributed by atoms with Crippen LogP contribution in [0, 0.1) is 6.92 Å². The van der Waals surface area contributed by atoms with Gasteiger partial charge in [0.15, 0.2) is 11.5 Å². The lowest BCUT2D eigenvalue weighted by Crippen LogP contribution is -2.27. The molecule has 0 bridgehead atoms. The average Bonchev–Trinajstić information content (AvgIpc) is 2.99. The van der Waals surface area contributed by atoms with Crippen LogP contribution in [-0.2, 0) is 6.42 Å². The van der Waals surface area contributed by atoms with Crippen molar-refractivity contribution in [2.45, 2.75) is 27.2 Å². The second-order valence-electron chi connectivity index (χ2n) is 6.27. The van der Waals surface area contributed by atoms with Crippen LogP contribution in [0.5, 0.6) is 11.5 Å². The van der Waals surface area contributed by atoms with Crippen LogP contribution in [0.25, 0.3) is 5.65 Å². The van der Waals surface area contributed by atoms with Crippen molar-refractivity contribution >= 4 is 27.5 Å². The first-order valence-corrected chi connectivity index (χ1v) is 10.1. The Labute approximate surface area is 173 Å². The molecule has 0 aliphatic heterocycles. The van der Waals surface area contributed by atoms with Crippen molar-refractivity contribution in [2.24, 2.45) is 0 Å². The minimum atomic E-state index is -0.140. The van der Waals surface area contributed by atoms with Gasteiger partial charge in [-0.3, -0.25) is 9.20 Å². The van der Waals surface area contributed by atoms with E-state index in [1.807, 2.05) is 57.3 Å². The van der Waals surface area contributed by atoms with Crippen LogP contribution in [0.15, 0.2) is 41.0 Å². The Morgan fingerprint density at radius 1 is 1.14 bits per heavy atom. The van der Waals surface area contributed by atoms with Crippen LogP contribution < -0.4 is 14.8 Å². The van der Waals surface area contributed by atoms with Gasteiger partial charge in [-0.2, -0.15) is 0 Å². The zero-order chi connectivity index (χ0) is 20.1. The molecule has 0 aliphatic rings. The second-order valence-corrected chi connectivity index (χ2v) is 7.19. The number of amides is 1. The van der Waals surface area contributed by atoms with Gasteiger partial charge in [-0.15, -0.1) is 0 Å². The first-order chi connectivity index (χ1) is 13.5. The highest BCUT2D eigenvalue weighted by atomic mass is 79.9. The number of carbonyl (C=O) groups excluding carboxylic acids is 1. The lowest BCUT2D eigenvalue weighted by molar-refractivity contribution is 0.0947. The van der Waals surface area contributed by atoms with E-state index in [0.29, 0.717) is 37.6 Å². The van der Waals surface area contributed by atoms with Crippen molar-refractivity contribution in [3.63, 3.8) is 0 Å². The highest BCUT2D eigenvalue weighted by Crippen LogP contribution is 2.28. The van der Waals surface area contributed by atoms with Gasteiger partial charge in [0, 0.05) is 17.2 Å². The Morgan fingerprint density at radius 3 is 2.64 bits per heavy atom. The fourth-order valence-electron chi connectivity index (χ4n) is 3.07. The smallest absolute Gasteiger partial charge is 0.270 e. The average molecular weight is 446 g/mol. The van der Waals surface area contributed by atoms with Gasteiger partial charge in [-0.05, 0) is 73.0 Å². The SMILES string of the molecule is CCOc1ccc(CCNC(=O)c2c(C)nc3ccc(Br)cn23)cc1OCC. The van der Waals surface area contributed by atoms with Crippen LogP contribution in [0.1, 0.15) is 35.6 Å². The predicted molar refractivity (Wildman–Crippen MR) is 112 cm³/mol. The second kappa shape index (κ2) is 9.10. The first-order valence-electron chi connectivity index (χ1n) is 9.34. The molecule has 6 nitrogen and oxygen atoms in total. The molecule has 0 unspecified atom stereocenters. The summed E-state index contributed by atoms with van der Waals surface area (Å²) in [6.07, 6.45) is 2.54. The van der Waals surface area contributed by atoms with Crippen LogP contribution >= 0.6 is 15.9 Å². The monoisotopic (exact) mass is 445 g/mol. The van der Waals surface area contributed by atoms with E-state index >= 15 is 0 Å². The number of benzene rings is 1. The zero-order valence-electron chi connectivity index (χ0n) is 16.3. The Morgan fingerprint density at radius 2 is 1.89 bits per heavy atom. The highest BCUT2D eigenvalue weighted by Gasteiger charge is 2.16. The minimum Gasteiger partial charge on any atom is -0.490 e. The molecule has 0 radical (unpaired) electrons. The topological polar surface area (TPSA) is 64.9 Å². The molecule has 0 saturated carbocycles. The van der Waals surface area contributed by atoms with Crippen molar-refractivity contribution in [3.05, 3.63) is 58.0 Å². The van der Waals surface area contributed by atoms with E-state index in [9.17, 15) is 4.79 Å². The Bertz CT molecular complexity index is 984. The van der Waals surface area contributed by atoms with Gasteiger partial charge in [0.25, 0.3) is 5.91 Å². The number of halogens is 1. The number of carbonyl (C=O) groups is 1. The quantitative estimate of drug-likeness (QED) is 0.564. The number of fused-ring (bicyclic) bond motifs is 1. The molecule has 1 amide bonds. The number of aryl methyl sites for hydroxylation is 1. The maximum absolute atomic E-state index is 12.7. The van der Waals surface area contributed by atoms with Crippen molar-refractivity contribution in [3.8, 4) is 11.5 Å². The van der Waals surface area contributed by atoms with E-state index in [1.165, 1.54) is 0 Å². The van der Waals surface area contributed by atoms with Crippen molar-refractivity contribution in [1.82, 2.24) is 14.7 Å². The number of nitrogens with zero attached hydrogens (tertiary/aromatic N) is 2. The standard InChI is InChI=1S/C21H24BrN3O3/c1-4-27-17-8-6-15(12-18(17)28-5-2)10-11-23-21(26)20-14(3)24-19-9-7-16(22)13-25(19)20/h6-9,12-13H,4-5,10-11H2,1-3H3,(H,23,26). The van der Waals surface area contributed by atoms with Crippen LogP contribution in [0.2, 0.25) is 0 Å². The summed E-state index contributed by atoms with van der Waals surface area (Å²) < 4.78 is 14.0. The molecular formula is C21H24BrN3O3. The van der Waals surface area contributed by atoms with Gasteiger partial charge in [-0.25, -0.2) is 4.98 Å². The largest absolute Gasteiger partial charge is 0.490 e. The van der Waals surface area contributed by atoms with Gasteiger partial charge >= 0.3 is 0 Å². The van der Waals surface area contributed by atoms with E-state index in [1.54, 1.807) is 4.40 Å². The molecular weight excluding hydrogens is 422 g/mol. The number of imidazole rings is 1. The van der Waals surface area contributed by atoms with E-state index in [0.717, 1.165) is 27.2 Å². The van der Waals surface area contributed by atoms with Crippen LogP contribution in [-0.4, -0.2) is 35.1 Å². The Hall–Kier alpha value is -2.54. The van der Waals surface area contributed by atoms with E-state index in [2.05, 4.69) is 26.2 Å². The molecule has 0 fully saturated rings. The van der Waals surface area contributed by atoms with Crippen molar-refractivity contribution in [2.75, 3.05) is 19.8 Å². The minimum absolute atomic E-state index is 0.140. The third-order valence-electron chi connectivity index (χ3n) is 4.28. The maximum atomic E-state index is 12.7. The molecule has 2 heterocycles. The molecule has 7 heteroatoms. The zero-order valence-corrected chi connectivity index (χ0v) is 17.9. The number of ether oxygens (including phenoxy) is 2. The molecule has 3 aromatic rings. The van der Waals surface area contributed by atoms with E-state index < -0.39 is 0 Å². The molecule has 0 aliphatic carbocycles. The van der Waals surface area contributed by atoms with Crippen molar-refractivity contribution in [1.29, 1.82) is 0 Å². The number of rotatable bonds is 8. The van der Waals surface area contributed by atoms with Crippen LogP contribution in [0.3, 0.4) is 0 Å². The van der Waals surface area contributed by atoms with Crippen molar-refractivity contribution < 1.29 is 14.3 Å². The summed E-state index contributed by atoms with van der Waals surface area (Å²) >= 11 is 3.44. The molecule has 28 heavy (non-hydrogen) atoms. The molecule has 0 atom stereocenters. The summed E-state index contributed by atoms with van der Waals surface area (Å²) in [4.78, 5) is 17.2. The van der Waals surface area contributed by atoms with Crippen LogP contribution in [0.4, 0.5) is 0 Å². The summed E-state index contributed by atoms with van der Waals surface area (Å²) in [6, 6.07) is 9.67. The number of nitrogens with one attached hydrogen (secondary N) is 1. The maximum Gasteiger partial charge on any atom is 0.270 e. The predicted octanol–water partition coefficient (Wildman–Crippen LogP) is 4.18. The molecule has 2 aromatic heterocycles. The number of pyridine rings is 1. The number of aromatic nitrogens is 2. The summed E-state index contributed by atoms with van der Waals surface area (Å²) in [5.41, 5.74) is 3.08. The first kappa shape index (κ1) is 20.2. The fraction of sp³-hybridized carbons (Fsp3) is 0.333. The summed E-state index contributed by atoms with van der Waals surface area (Å²) in [5, 5.41) is 2.99. The number of hydrogen-bond acceptors (Lipinski definition) is 4.